The van der Waals surface area contributed by atoms with Gasteiger partial charge in [0, 0.05) is 23.3 Å². The Bertz CT molecular complexity index is 957. The molecule has 1 atom stereocenters. The SMILES string of the molecule is CCOc1cc2c(cc1CSc1nnnn1-c1ccccc1C)O[C@@H](C)C2. The Morgan fingerprint density at radius 2 is 2.15 bits per heavy atom. The van der Waals surface area contributed by atoms with Gasteiger partial charge >= 0.3 is 0 Å². The highest BCUT2D eigenvalue weighted by Gasteiger charge is 2.22. The van der Waals surface area contributed by atoms with Gasteiger partial charge in [-0.25, -0.2) is 0 Å². The molecule has 2 aromatic carbocycles. The van der Waals surface area contributed by atoms with Crippen LogP contribution in [0.15, 0.2) is 41.6 Å². The number of benzene rings is 2. The number of para-hydroxylation sites is 1. The molecular formula is C20H22N4O2S. The number of ether oxygens (including phenoxy) is 2. The van der Waals surface area contributed by atoms with Gasteiger partial charge in [-0.3, -0.25) is 0 Å². The molecule has 0 N–H and O–H groups in total. The van der Waals surface area contributed by atoms with Crippen molar-refractivity contribution in [3.8, 4) is 17.2 Å². The summed E-state index contributed by atoms with van der Waals surface area (Å²) in [6.45, 7) is 6.78. The predicted octanol–water partition coefficient (Wildman–Crippen LogP) is 3.99. The first-order chi connectivity index (χ1) is 13.2. The van der Waals surface area contributed by atoms with Gasteiger partial charge in [0.1, 0.15) is 17.6 Å². The van der Waals surface area contributed by atoms with Gasteiger partial charge in [0.05, 0.1) is 12.3 Å². The maximum atomic E-state index is 5.92. The van der Waals surface area contributed by atoms with Gasteiger partial charge < -0.3 is 9.47 Å². The van der Waals surface area contributed by atoms with Gasteiger partial charge in [0.15, 0.2) is 0 Å². The van der Waals surface area contributed by atoms with E-state index in [0.717, 1.165) is 39.9 Å². The van der Waals surface area contributed by atoms with Crippen LogP contribution in [0.1, 0.15) is 30.5 Å². The Hall–Kier alpha value is -2.54. The Morgan fingerprint density at radius 3 is 2.96 bits per heavy atom. The largest absolute Gasteiger partial charge is 0.494 e. The zero-order valence-corrected chi connectivity index (χ0v) is 16.5. The van der Waals surface area contributed by atoms with E-state index in [1.54, 1.807) is 16.4 Å². The van der Waals surface area contributed by atoms with Crippen molar-refractivity contribution in [2.24, 2.45) is 0 Å². The van der Waals surface area contributed by atoms with Gasteiger partial charge in [-0.05, 0) is 55.0 Å². The summed E-state index contributed by atoms with van der Waals surface area (Å²) in [4.78, 5) is 0. The summed E-state index contributed by atoms with van der Waals surface area (Å²) in [6.07, 6.45) is 1.14. The highest BCUT2D eigenvalue weighted by Crippen LogP contribution is 2.37. The number of rotatable bonds is 6. The van der Waals surface area contributed by atoms with Crippen molar-refractivity contribution in [2.75, 3.05) is 6.61 Å². The Kier molecular flexibility index (Phi) is 5.03. The highest BCUT2D eigenvalue weighted by molar-refractivity contribution is 7.98. The fraction of sp³-hybridized carbons (Fsp3) is 0.350. The number of aromatic nitrogens is 4. The Morgan fingerprint density at radius 1 is 1.30 bits per heavy atom. The molecule has 0 saturated carbocycles. The van der Waals surface area contributed by atoms with Crippen LogP contribution in [-0.2, 0) is 12.2 Å². The number of hydrogen-bond donors (Lipinski definition) is 0. The molecule has 0 radical (unpaired) electrons. The quantitative estimate of drug-likeness (QED) is 0.601. The number of thioether (sulfide) groups is 1. The van der Waals surface area contributed by atoms with Crippen LogP contribution in [0.25, 0.3) is 5.69 Å². The van der Waals surface area contributed by atoms with E-state index in [9.17, 15) is 0 Å². The molecule has 1 aliphatic rings. The minimum atomic E-state index is 0.214. The van der Waals surface area contributed by atoms with Crippen LogP contribution >= 0.6 is 11.8 Å². The van der Waals surface area contributed by atoms with Crippen LogP contribution in [0, 0.1) is 6.92 Å². The third-order valence-electron chi connectivity index (χ3n) is 4.52. The summed E-state index contributed by atoms with van der Waals surface area (Å²) < 4.78 is 13.6. The molecule has 0 saturated heterocycles. The van der Waals surface area contributed by atoms with Crippen molar-refractivity contribution in [3.05, 3.63) is 53.1 Å². The zero-order chi connectivity index (χ0) is 18.8. The summed E-state index contributed by atoms with van der Waals surface area (Å²) in [5, 5.41) is 13.0. The lowest BCUT2D eigenvalue weighted by Gasteiger charge is -2.12. The standard InChI is InChI=1S/C20H22N4O2S/c1-4-25-18-10-15-9-14(3)26-19(15)11-16(18)12-27-20-21-22-23-24(20)17-8-6-5-7-13(17)2/h5-8,10-11,14H,4,9,12H2,1-3H3/t14-/m0/s1. The third kappa shape index (κ3) is 3.64. The van der Waals surface area contributed by atoms with E-state index in [0.29, 0.717) is 12.4 Å². The summed E-state index contributed by atoms with van der Waals surface area (Å²) in [6, 6.07) is 12.3. The molecule has 6 nitrogen and oxygen atoms in total. The highest BCUT2D eigenvalue weighted by atomic mass is 32.2. The normalized spacial score (nSPS) is 15.4. The molecule has 0 spiro atoms. The number of tetrazole rings is 1. The second-order valence-electron chi connectivity index (χ2n) is 6.58. The Balaban J connectivity index is 1.59. The number of aryl methyl sites for hydroxylation is 1. The average Bonchev–Trinajstić information content (AvgIpc) is 3.25. The second kappa shape index (κ2) is 7.60. The van der Waals surface area contributed by atoms with Crippen LogP contribution in [0.4, 0.5) is 0 Å². The molecule has 27 heavy (non-hydrogen) atoms. The number of nitrogens with zero attached hydrogens (tertiary/aromatic N) is 4. The molecular weight excluding hydrogens is 360 g/mol. The first-order valence-electron chi connectivity index (χ1n) is 9.08. The minimum absolute atomic E-state index is 0.214. The van der Waals surface area contributed by atoms with Crippen molar-refractivity contribution in [2.45, 2.75) is 44.2 Å². The Labute approximate surface area is 162 Å². The molecule has 3 aromatic rings. The first-order valence-corrected chi connectivity index (χ1v) is 10.1. The maximum Gasteiger partial charge on any atom is 0.214 e. The number of hydrogen-bond acceptors (Lipinski definition) is 6. The molecule has 4 rings (SSSR count). The van der Waals surface area contributed by atoms with Gasteiger partial charge in [-0.1, -0.05) is 30.0 Å². The molecule has 0 fully saturated rings. The third-order valence-corrected chi connectivity index (χ3v) is 5.49. The predicted molar refractivity (Wildman–Crippen MR) is 105 cm³/mol. The lowest BCUT2D eigenvalue weighted by atomic mass is 10.1. The maximum absolute atomic E-state index is 5.92. The molecule has 7 heteroatoms. The van der Waals surface area contributed by atoms with E-state index in [1.807, 2.05) is 25.1 Å². The lowest BCUT2D eigenvalue weighted by Crippen LogP contribution is -2.05. The fourth-order valence-electron chi connectivity index (χ4n) is 3.25. The molecule has 0 amide bonds. The monoisotopic (exact) mass is 382 g/mol. The average molecular weight is 382 g/mol. The lowest BCUT2D eigenvalue weighted by molar-refractivity contribution is 0.254. The fourth-order valence-corrected chi connectivity index (χ4v) is 4.11. The second-order valence-corrected chi connectivity index (χ2v) is 7.52. The van der Waals surface area contributed by atoms with Crippen LogP contribution in [0.2, 0.25) is 0 Å². The van der Waals surface area contributed by atoms with E-state index in [-0.39, 0.29) is 6.10 Å². The van der Waals surface area contributed by atoms with Crippen LogP contribution in [-0.4, -0.2) is 32.9 Å². The van der Waals surface area contributed by atoms with Crippen molar-refractivity contribution < 1.29 is 9.47 Å². The van der Waals surface area contributed by atoms with Gasteiger partial charge in [0.25, 0.3) is 0 Å². The van der Waals surface area contributed by atoms with Crippen molar-refractivity contribution in [1.29, 1.82) is 0 Å². The van der Waals surface area contributed by atoms with Crippen molar-refractivity contribution >= 4 is 11.8 Å². The van der Waals surface area contributed by atoms with E-state index >= 15 is 0 Å². The van der Waals surface area contributed by atoms with Gasteiger partial charge in [-0.2, -0.15) is 4.68 Å². The van der Waals surface area contributed by atoms with E-state index in [1.165, 1.54) is 5.56 Å². The van der Waals surface area contributed by atoms with E-state index in [2.05, 4.69) is 47.6 Å². The summed E-state index contributed by atoms with van der Waals surface area (Å²) in [7, 11) is 0. The van der Waals surface area contributed by atoms with Crippen LogP contribution in [0.5, 0.6) is 11.5 Å². The van der Waals surface area contributed by atoms with Crippen LogP contribution < -0.4 is 9.47 Å². The number of fused-ring (bicyclic) bond motifs is 1. The molecule has 1 aromatic heterocycles. The zero-order valence-electron chi connectivity index (χ0n) is 15.7. The van der Waals surface area contributed by atoms with Gasteiger partial charge in [0.2, 0.25) is 5.16 Å². The van der Waals surface area contributed by atoms with Crippen molar-refractivity contribution in [3.63, 3.8) is 0 Å². The summed E-state index contributed by atoms with van der Waals surface area (Å²) in [5.74, 6) is 2.57. The van der Waals surface area contributed by atoms with Crippen LogP contribution in [0.3, 0.4) is 0 Å². The first kappa shape index (κ1) is 17.9. The van der Waals surface area contributed by atoms with E-state index in [4.69, 9.17) is 9.47 Å². The molecule has 2 heterocycles. The smallest absolute Gasteiger partial charge is 0.214 e. The van der Waals surface area contributed by atoms with E-state index < -0.39 is 0 Å². The molecule has 0 bridgehead atoms. The molecule has 0 aliphatic carbocycles. The molecule has 0 unspecified atom stereocenters. The summed E-state index contributed by atoms with van der Waals surface area (Å²) >= 11 is 1.59. The molecule has 1 aliphatic heterocycles. The molecule has 140 valence electrons. The summed E-state index contributed by atoms with van der Waals surface area (Å²) in [5.41, 5.74) is 4.42. The minimum Gasteiger partial charge on any atom is -0.494 e. The topological polar surface area (TPSA) is 62.1 Å². The van der Waals surface area contributed by atoms with Crippen molar-refractivity contribution in [1.82, 2.24) is 20.2 Å². The van der Waals surface area contributed by atoms with Gasteiger partial charge in [-0.15, -0.1) is 5.10 Å².